The molecule has 0 N–H and O–H groups in total. The molecule has 5 aromatic rings. The first kappa shape index (κ1) is 23.8. The lowest BCUT2D eigenvalue weighted by atomic mass is 9.77. The summed E-state index contributed by atoms with van der Waals surface area (Å²) in [4.78, 5) is 32.6. The molecule has 198 valence electrons. The number of hydrogen-bond acceptors (Lipinski definition) is 5. The van der Waals surface area contributed by atoms with E-state index in [0.717, 1.165) is 50.2 Å². The molecule has 1 unspecified atom stereocenters. The Morgan fingerprint density at radius 2 is 1.39 bits per heavy atom. The largest absolute Gasteiger partial charge is 0.459 e. The van der Waals surface area contributed by atoms with Crippen LogP contribution in [0.15, 0.2) is 102 Å². The Balaban J connectivity index is 1.20. The van der Waals surface area contributed by atoms with Crippen molar-refractivity contribution in [3.63, 3.8) is 0 Å². The average Bonchev–Trinajstić information content (AvgIpc) is 3.17. The minimum Gasteiger partial charge on any atom is -0.459 e. The van der Waals surface area contributed by atoms with Gasteiger partial charge in [0.1, 0.15) is 11.4 Å². The van der Waals surface area contributed by atoms with E-state index in [4.69, 9.17) is 9.73 Å². The molecular formula is C36H26N2O3. The van der Waals surface area contributed by atoms with Gasteiger partial charge in [-0.3, -0.25) is 14.6 Å². The van der Waals surface area contributed by atoms with Crippen LogP contribution in [0, 0.1) is 0 Å². The van der Waals surface area contributed by atoms with Gasteiger partial charge in [-0.1, -0.05) is 66.7 Å². The number of para-hydroxylation sites is 1. The van der Waals surface area contributed by atoms with E-state index in [1.165, 1.54) is 5.56 Å². The summed E-state index contributed by atoms with van der Waals surface area (Å²) in [5.74, 6) is -0.142. The fourth-order valence-electron chi connectivity index (χ4n) is 6.87. The van der Waals surface area contributed by atoms with Crippen molar-refractivity contribution in [3.8, 4) is 28.0 Å². The Bertz CT molecular complexity index is 2020. The SMILES string of the molecule is CN1c2ccccc2C(C)(C)C12C=Nc1c(ccc3cc(-c4ccc5c(c4)-c4ccccc4C(=O)C5=O)ccc13)O2. The third kappa shape index (κ3) is 3.03. The van der Waals surface area contributed by atoms with E-state index < -0.39 is 17.3 Å². The smallest absolute Gasteiger partial charge is 0.234 e. The highest BCUT2D eigenvalue weighted by molar-refractivity contribution is 6.53. The molecule has 41 heavy (non-hydrogen) atoms. The third-order valence-electron chi connectivity index (χ3n) is 9.19. The molecule has 5 aromatic carbocycles. The molecule has 0 amide bonds. The quantitative estimate of drug-likeness (QED) is 0.206. The van der Waals surface area contributed by atoms with Gasteiger partial charge in [0.25, 0.3) is 0 Å². The van der Waals surface area contributed by atoms with Crippen LogP contribution in [0.1, 0.15) is 40.1 Å². The molecule has 8 rings (SSSR count). The normalized spacial score (nSPS) is 19.5. The lowest BCUT2D eigenvalue weighted by molar-refractivity contribution is 0.0815. The van der Waals surface area contributed by atoms with Crippen molar-refractivity contribution in [1.82, 2.24) is 0 Å². The van der Waals surface area contributed by atoms with Gasteiger partial charge in [-0.05, 0) is 77.4 Å². The molecule has 0 saturated carbocycles. The lowest BCUT2D eigenvalue weighted by Crippen LogP contribution is -2.61. The van der Waals surface area contributed by atoms with Gasteiger partial charge in [-0.2, -0.15) is 0 Å². The second kappa shape index (κ2) is 8.01. The monoisotopic (exact) mass is 534 g/mol. The predicted molar refractivity (Wildman–Crippen MR) is 163 cm³/mol. The van der Waals surface area contributed by atoms with Crippen LogP contribution in [0.25, 0.3) is 33.0 Å². The van der Waals surface area contributed by atoms with Gasteiger partial charge >= 0.3 is 0 Å². The van der Waals surface area contributed by atoms with Crippen LogP contribution in [0.4, 0.5) is 11.4 Å². The Hall–Kier alpha value is -5.03. The zero-order valence-corrected chi connectivity index (χ0v) is 22.9. The minimum atomic E-state index is -0.727. The van der Waals surface area contributed by atoms with Crippen molar-refractivity contribution < 1.29 is 14.3 Å². The standard InChI is InChI=1S/C36H26N2O3/c1-35(2)29-10-6-7-11-30(29)38(3)36(35)20-37-32-24-15-12-21(18-23(24)14-17-31(32)41-36)22-13-16-27-28(19-22)25-8-4-5-9-26(25)33(39)34(27)40/h4-20H,1-3H3. The molecule has 2 heterocycles. The van der Waals surface area contributed by atoms with Gasteiger partial charge in [0, 0.05) is 29.2 Å². The molecule has 1 aliphatic carbocycles. The van der Waals surface area contributed by atoms with Gasteiger partial charge in [0.2, 0.25) is 17.3 Å². The Morgan fingerprint density at radius 3 is 2.20 bits per heavy atom. The molecule has 1 atom stereocenters. The molecule has 0 bridgehead atoms. The maximum atomic E-state index is 12.8. The molecule has 5 nitrogen and oxygen atoms in total. The Labute approximate surface area is 237 Å². The fraction of sp³-hybridized carbons (Fsp3) is 0.139. The summed E-state index contributed by atoms with van der Waals surface area (Å²) < 4.78 is 6.84. The van der Waals surface area contributed by atoms with E-state index in [1.807, 2.05) is 36.5 Å². The van der Waals surface area contributed by atoms with Crippen molar-refractivity contribution in [1.29, 1.82) is 0 Å². The van der Waals surface area contributed by atoms with E-state index in [-0.39, 0.29) is 5.41 Å². The van der Waals surface area contributed by atoms with Gasteiger partial charge in [-0.15, -0.1) is 0 Å². The highest BCUT2D eigenvalue weighted by atomic mass is 16.5. The number of carbonyl (C=O) groups excluding carboxylic acids is 2. The number of carbonyl (C=O) groups is 2. The topological polar surface area (TPSA) is 59.0 Å². The summed E-state index contributed by atoms with van der Waals surface area (Å²) in [6.07, 6.45) is 1.96. The highest BCUT2D eigenvalue weighted by Crippen LogP contribution is 2.54. The first-order valence-corrected chi connectivity index (χ1v) is 13.8. The maximum absolute atomic E-state index is 12.8. The number of Topliss-reactive ketones (excluding diaryl/α,β-unsaturated/α-hetero) is 2. The van der Waals surface area contributed by atoms with E-state index in [1.54, 1.807) is 18.2 Å². The van der Waals surface area contributed by atoms with E-state index in [9.17, 15) is 9.59 Å². The number of ether oxygens (including phenoxy) is 1. The number of rotatable bonds is 1. The summed E-state index contributed by atoms with van der Waals surface area (Å²) in [6.45, 7) is 4.42. The second-order valence-electron chi connectivity index (χ2n) is 11.6. The number of likely N-dealkylation sites (N-methyl/N-ethyl adjacent to an activating group) is 1. The maximum Gasteiger partial charge on any atom is 0.234 e. The van der Waals surface area contributed by atoms with E-state index >= 15 is 0 Å². The molecular weight excluding hydrogens is 508 g/mol. The molecule has 0 fully saturated rings. The van der Waals surface area contributed by atoms with Gasteiger partial charge < -0.3 is 9.64 Å². The third-order valence-corrected chi connectivity index (χ3v) is 9.19. The average molecular weight is 535 g/mol. The van der Waals surface area contributed by atoms with Gasteiger partial charge in [-0.25, -0.2) is 0 Å². The zero-order chi connectivity index (χ0) is 28.1. The number of hydrogen-bond donors (Lipinski definition) is 0. The molecule has 1 spiro atoms. The van der Waals surface area contributed by atoms with Gasteiger partial charge in [0.15, 0.2) is 0 Å². The number of ketones is 2. The summed E-state index contributed by atoms with van der Waals surface area (Å²) in [7, 11) is 2.07. The number of nitrogens with zero attached hydrogens (tertiary/aromatic N) is 2. The van der Waals surface area contributed by atoms with E-state index in [2.05, 4.69) is 74.3 Å². The van der Waals surface area contributed by atoms with Crippen LogP contribution < -0.4 is 9.64 Å². The molecule has 2 aliphatic heterocycles. The number of anilines is 1. The van der Waals surface area contributed by atoms with Crippen LogP contribution in [-0.4, -0.2) is 30.6 Å². The second-order valence-corrected chi connectivity index (χ2v) is 11.6. The van der Waals surface area contributed by atoms with E-state index in [0.29, 0.717) is 11.1 Å². The zero-order valence-electron chi connectivity index (χ0n) is 22.9. The van der Waals surface area contributed by atoms with Gasteiger partial charge in [0.05, 0.1) is 11.6 Å². The van der Waals surface area contributed by atoms with Crippen LogP contribution >= 0.6 is 0 Å². The molecule has 0 radical (unpaired) electrons. The minimum absolute atomic E-state index is 0.310. The summed E-state index contributed by atoms with van der Waals surface area (Å²) >= 11 is 0. The lowest BCUT2D eigenvalue weighted by Gasteiger charge is -2.45. The molecule has 5 heteroatoms. The number of fused-ring (bicyclic) bond motifs is 7. The van der Waals surface area contributed by atoms with Crippen LogP contribution in [0.2, 0.25) is 0 Å². The number of benzene rings is 5. The van der Waals surface area contributed by atoms with Crippen molar-refractivity contribution in [2.75, 3.05) is 11.9 Å². The van der Waals surface area contributed by atoms with Crippen LogP contribution in [0.5, 0.6) is 5.75 Å². The summed E-state index contributed by atoms with van der Waals surface area (Å²) in [5, 5.41) is 2.06. The van der Waals surface area contributed by atoms with Crippen molar-refractivity contribution >= 4 is 39.9 Å². The first-order chi connectivity index (χ1) is 19.8. The predicted octanol–water partition coefficient (Wildman–Crippen LogP) is 7.77. The summed E-state index contributed by atoms with van der Waals surface area (Å²) in [5.41, 5.74) is 6.67. The Morgan fingerprint density at radius 1 is 0.707 bits per heavy atom. The highest BCUT2D eigenvalue weighted by Gasteiger charge is 2.58. The molecule has 0 saturated heterocycles. The first-order valence-electron chi connectivity index (χ1n) is 13.8. The summed E-state index contributed by atoms with van der Waals surface area (Å²) in [6, 6.07) is 31.8. The fourth-order valence-corrected chi connectivity index (χ4v) is 6.87. The van der Waals surface area contributed by atoms with Crippen molar-refractivity contribution in [2.45, 2.75) is 25.0 Å². The van der Waals surface area contributed by atoms with Crippen molar-refractivity contribution in [2.24, 2.45) is 4.99 Å². The van der Waals surface area contributed by atoms with Crippen molar-refractivity contribution in [3.05, 3.63) is 114 Å². The molecule has 3 aliphatic rings. The molecule has 0 aromatic heterocycles. The van der Waals surface area contributed by atoms with Crippen LogP contribution in [0.3, 0.4) is 0 Å². The number of aliphatic imine (C=N–C) groups is 1. The van der Waals surface area contributed by atoms with Crippen LogP contribution in [-0.2, 0) is 5.41 Å². The Kier molecular flexibility index (Phi) is 4.66.